The zero-order chi connectivity index (χ0) is 21.7. The van der Waals surface area contributed by atoms with Crippen LogP contribution in [0.1, 0.15) is 0 Å². The van der Waals surface area contributed by atoms with Crippen molar-refractivity contribution in [3.63, 3.8) is 0 Å². The molecule has 0 radical (unpaired) electrons. The third-order valence-electron chi connectivity index (χ3n) is 5.23. The Morgan fingerprint density at radius 3 is 2.53 bits per heavy atom. The Hall–Kier alpha value is -4.53. The lowest BCUT2D eigenvalue weighted by atomic mass is 10.1. The maximum Gasteiger partial charge on any atom is 0.161 e. The smallest absolute Gasteiger partial charge is 0.161 e. The summed E-state index contributed by atoms with van der Waals surface area (Å²) in [5.41, 5.74) is 3.25. The van der Waals surface area contributed by atoms with Crippen molar-refractivity contribution in [3.8, 4) is 34.0 Å². The Bertz CT molecular complexity index is 1610. The first-order chi connectivity index (χ1) is 15.7. The van der Waals surface area contributed by atoms with Gasteiger partial charge in [0.15, 0.2) is 11.6 Å². The molecule has 0 fully saturated rings. The molecule has 6 rings (SSSR count). The van der Waals surface area contributed by atoms with Crippen LogP contribution in [0.25, 0.3) is 56.0 Å². The van der Waals surface area contributed by atoms with Gasteiger partial charge in [0, 0.05) is 29.7 Å². The molecule has 5 heterocycles. The van der Waals surface area contributed by atoms with Crippen molar-refractivity contribution >= 4 is 21.9 Å². The second-order valence-electron chi connectivity index (χ2n) is 7.14. The molecule has 0 aliphatic carbocycles. The van der Waals surface area contributed by atoms with Crippen LogP contribution < -0.4 is 0 Å². The number of imidazole rings is 1. The molecule has 0 bridgehead atoms. The third-order valence-corrected chi connectivity index (χ3v) is 5.23. The first-order valence-electron chi connectivity index (χ1n) is 9.73. The van der Waals surface area contributed by atoms with E-state index >= 15 is 4.39 Å². The number of nitrogens with one attached hydrogen (secondary N) is 2. The first kappa shape index (κ1) is 18.3. The van der Waals surface area contributed by atoms with Crippen LogP contribution >= 0.6 is 0 Å². The van der Waals surface area contributed by atoms with Crippen LogP contribution in [0.2, 0.25) is 0 Å². The first-order valence-corrected chi connectivity index (χ1v) is 9.73. The van der Waals surface area contributed by atoms with Gasteiger partial charge in [0.05, 0.1) is 22.6 Å². The third kappa shape index (κ3) is 2.75. The van der Waals surface area contributed by atoms with Crippen molar-refractivity contribution < 1.29 is 8.78 Å². The topological polar surface area (TPSA) is 96.0 Å². The fourth-order valence-corrected chi connectivity index (χ4v) is 3.75. The lowest BCUT2D eigenvalue weighted by Crippen LogP contribution is -1.92. The van der Waals surface area contributed by atoms with Crippen molar-refractivity contribution in [2.75, 3.05) is 0 Å². The molecular formula is C23H13F2N7. The molecule has 1 aromatic carbocycles. The summed E-state index contributed by atoms with van der Waals surface area (Å²) in [6, 6.07) is 11.5. The fraction of sp³-hybridized carbons (Fsp3) is 0. The van der Waals surface area contributed by atoms with Crippen molar-refractivity contribution in [3.05, 3.63) is 78.9 Å². The Kier molecular flexibility index (Phi) is 4.00. The highest BCUT2D eigenvalue weighted by Crippen LogP contribution is 2.34. The van der Waals surface area contributed by atoms with Gasteiger partial charge in [-0.25, -0.2) is 13.8 Å². The van der Waals surface area contributed by atoms with E-state index < -0.39 is 11.6 Å². The van der Waals surface area contributed by atoms with E-state index in [0.29, 0.717) is 44.9 Å². The van der Waals surface area contributed by atoms with Crippen LogP contribution in [0.3, 0.4) is 0 Å². The Morgan fingerprint density at radius 2 is 1.69 bits per heavy atom. The molecule has 0 atom stereocenters. The number of fused-ring (bicyclic) bond motifs is 2. The van der Waals surface area contributed by atoms with Crippen molar-refractivity contribution in [1.29, 1.82) is 0 Å². The number of rotatable bonds is 3. The van der Waals surface area contributed by atoms with E-state index in [1.807, 2.05) is 0 Å². The van der Waals surface area contributed by atoms with Crippen LogP contribution in [-0.2, 0) is 0 Å². The van der Waals surface area contributed by atoms with Crippen LogP contribution in [0, 0.1) is 11.6 Å². The van der Waals surface area contributed by atoms with Crippen LogP contribution in [-0.4, -0.2) is 35.1 Å². The van der Waals surface area contributed by atoms with E-state index in [0.717, 1.165) is 0 Å². The van der Waals surface area contributed by atoms with Gasteiger partial charge in [0.1, 0.15) is 28.4 Å². The molecule has 7 nitrogen and oxygen atoms in total. The number of nitrogens with zero attached hydrogens (tertiary/aromatic N) is 5. The summed E-state index contributed by atoms with van der Waals surface area (Å²) in [5.74, 6) is -0.605. The average Bonchev–Trinajstić information content (AvgIpc) is 3.45. The zero-order valence-electron chi connectivity index (χ0n) is 16.3. The predicted octanol–water partition coefficient (Wildman–Crippen LogP) is 4.90. The molecular weight excluding hydrogens is 412 g/mol. The van der Waals surface area contributed by atoms with Gasteiger partial charge >= 0.3 is 0 Å². The van der Waals surface area contributed by atoms with Crippen LogP contribution in [0.4, 0.5) is 8.78 Å². The van der Waals surface area contributed by atoms with Gasteiger partial charge in [-0.2, -0.15) is 5.10 Å². The molecule has 154 valence electrons. The van der Waals surface area contributed by atoms with E-state index in [-0.39, 0.29) is 11.1 Å². The summed E-state index contributed by atoms with van der Waals surface area (Å²) in [4.78, 5) is 20.3. The van der Waals surface area contributed by atoms with Crippen LogP contribution in [0.5, 0.6) is 0 Å². The number of benzene rings is 1. The van der Waals surface area contributed by atoms with Gasteiger partial charge in [-0.3, -0.25) is 20.1 Å². The average molecular weight is 425 g/mol. The largest absolute Gasteiger partial charge is 0.336 e. The number of hydrogen-bond acceptors (Lipinski definition) is 5. The molecule has 0 saturated heterocycles. The minimum atomic E-state index is -0.535. The normalized spacial score (nSPS) is 11.4. The van der Waals surface area contributed by atoms with Gasteiger partial charge in [-0.15, -0.1) is 0 Å². The number of aromatic nitrogens is 7. The molecule has 6 aromatic rings. The van der Waals surface area contributed by atoms with Crippen molar-refractivity contribution in [1.82, 2.24) is 35.1 Å². The molecule has 0 aliphatic rings. The second-order valence-corrected chi connectivity index (χ2v) is 7.14. The van der Waals surface area contributed by atoms with Crippen LogP contribution in [0.15, 0.2) is 67.3 Å². The van der Waals surface area contributed by atoms with E-state index in [1.54, 1.807) is 55.0 Å². The summed E-state index contributed by atoms with van der Waals surface area (Å²) in [6.07, 6.45) is 6.25. The molecule has 0 spiro atoms. The van der Waals surface area contributed by atoms with E-state index in [1.165, 1.54) is 12.3 Å². The molecule has 2 N–H and O–H groups in total. The standard InChI is InChI=1S/C23H13F2N7/c24-14-6-2-1-5-13(14)20-21-15(7-9-27-20)29-23(30-21)22-17-16(31-32-22)11-28-19(18(17)25)12-4-3-8-26-10-12/h1-11H,(H,29,30)(H,31,32). The SMILES string of the molecule is Fc1ccccc1-c1nccc2[nH]c(-c3n[nH]c4cnc(-c5cccnc5)c(F)c34)nc12. The van der Waals surface area contributed by atoms with Gasteiger partial charge in [0.2, 0.25) is 0 Å². The molecule has 0 aliphatic heterocycles. The Balaban J connectivity index is 1.56. The van der Waals surface area contributed by atoms with E-state index in [2.05, 4.69) is 35.1 Å². The minimum absolute atomic E-state index is 0.165. The Morgan fingerprint density at radius 1 is 0.781 bits per heavy atom. The summed E-state index contributed by atoms with van der Waals surface area (Å²) >= 11 is 0. The number of H-pyrrole nitrogens is 2. The molecule has 0 saturated carbocycles. The second kappa shape index (κ2) is 7.02. The lowest BCUT2D eigenvalue weighted by Gasteiger charge is -2.03. The lowest BCUT2D eigenvalue weighted by molar-refractivity contribution is 0.631. The molecule has 0 amide bonds. The fourth-order valence-electron chi connectivity index (χ4n) is 3.75. The highest BCUT2D eigenvalue weighted by molar-refractivity contribution is 5.97. The Labute approximate surface area is 179 Å². The molecule has 5 aromatic heterocycles. The minimum Gasteiger partial charge on any atom is -0.336 e. The van der Waals surface area contributed by atoms with Crippen molar-refractivity contribution in [2.24, 2.45) is 0 Å². The monoisotopic (exact) mass is 425 g/mol. The number of pyridine rings is 3. The maximum atomic E-state index is 15.5. The highest BCUT2D eigenvalue weighted by atomic mass is 19.1. The quantitative estimate of drug-likeness (QED) is 0.420. The molecule has 9 heteroatoms. The van der Waals surface area contributed by atoms with E-state index in [4.69, 9.17) is 0 Å². The summed E-state index contributed by atoms with van der Waals surface area (Å²) in [6.45, 7) is 0. The van der Waals surface area contributed by atoms with Gasteiger partial charge in [-0.05, 0) is 30.3 Å². The predicted molar refractivity (Wildman–Crippen MR) is 115 cm³/mol. The van der Waals surface area contributed by atoms with Gasteiger partial charge in [-0.1, -0.05) is 12.1 Å². The number of hydrogen-bond donors (Lipinski definition) is 2. The van der Waals surface area contributed by atoms with E-state index in [9.17, 15) is 4.39 Å². The molecule has 32 heavy (non-hydrogen) atoms. The van der Waals surface area contributed by atoms with Crippen molar-refractivity contribution in [2.45, 2.75) is 0 Å². The number of halogens is 2. The summed E-state index contributed by atoms with van der Waals surface area (Å²) in [5, 5.41) is 7.32. The van der Waals surface area contributed by atoms with Gasteiger partial charge in [0.25, 0.3) is 0 Å². The number of aromatic amines is 2. The molecule has 0 unspecified atom stereocenters. The maximum absolute atomic E-state index is 15.5. The van der Waals surface area contributed by atoms with Gasteiger partial charge < -0.3 is 4.98 Å². The summed E-state index contributed by atoms with van der Waals surface area (Å²) in [7, 11) is 0. The summed E-state index contributed by atoms with van der Waals surface area (Å²) < 4.78 is 29.9. The zero-order valence-corrected chi connectivity index (χ0v) is 16.3. The highest BCUT2D eigenvalue weighted by Gasteiger charge is 2.21.